The monoisotopic (exact) mass is 454 g/mol. The Balaban J connectivity index is 1.59. The number of nitrogens with one attached hydrogen (secondary N) is 2. The lowest BCUT2D eigenvalue weighted by Gasteiger charge is -2.11. The number of fused-ring (bicyclic) bond motifs is 1. The first-order valence-corrected chi connectivity index (χ1v) is 10.7. The summed E-state index contributed by atoms with van der Waals surface area (Å²) in [6.07, 6.45) is 1.78. The number of H-pyrrole nitrogens is 1. The molecule has 0 spiro atoms. The van der Waals surface area contributed by atoms with Gasteiger partial charge in [0.15, 0.2) is 5.16 Å². The molecule has 2 aromatic carbocycles. The maximum Gasteiger partial charge on any atom is 0.278 e. The number of benzene rings is 2. The van der Waals surface area contributed by atoms with Crippen molar-refractivity contribution in [1.82, 2.24) is 14.5 Å². The number of rotatable bonds is 6. The fourth-order valence-electron chi connectivity index (χ4n) is 3.18. The van der Waals surface area contributed by atoms with Crippen LogP contribution in [0.3, 0.4) is 0 Å². The van der Waals surface area contributed by atoms with Crippen LogP contribution in [0.25, 0.3) is 22.2 Å². The van der Waals surface area contributed by atoms with Crippen molar-refractivity contribution in [2.75, 3.05) is 18.2 Å². The standard InChI is InChI=1S/C22H19ClN4O3S/c1-27-21(29)20-19(15(11-24-20)13-6-4-3-5-7-13)26-22(27)31-12-18(28)25-16-10-14(23)8-9-17(16)30-2/h3-11,24H,12H2,1-2H3,(H,25,28). The van der Waals surface area contributed by atoms with Gasteiger partial charge in [-0.1, -0.05) is 53.7 Å². The molecule has 0 aliphatic heterocycles. The summed E-state index contributed by atoms with van der Waals surface area (Å²) in [6.45, 7) is 0. The molecule has 0 unspecified atom stereocenters. The van der Waals surface area contributed by atoms with E-state index in [0.29, 0.717) is 32.6 Å². The van der Waals surface area contributed by atoms with Crippen LogP contribution < -0.4 is 15.6 Å². The number of thioether (sulfide) groups is 1. The van der Waals surface area contributed by atoms with Crippen molar-refractivity contribution in [2.45, 2.75) is 5.16 Å². The highest BCUT2D eigenvalue weighted by Crippen LogP contribution is 2.29. The summed E-state index contributed by atoms with van der Waals surface area (Å²) < 4.78 is 6.69. The Hall–Kier alpha value is -3.23. The number of halogens is 1. The number of carbonyl (C=O) groups excluding carboxylic acids is 1. The first-order chi connectivity index (χ1) is 15.0. The lowest BCUT2D eigenvalue weighted by molar-refractivity contribution is -0.113. The van der Waals surface area contributed by atoms with E-state index in [1.807, 2.05) is 30.3 Å². The summed E-state index contributed by atoms with van der Waals surface area (Å²) in [5.74, 6) is 0.304. The maximum absolute atomic E-state index is 12.8. The normalized spacial score (nSPS) is 10.9. The van der Waals surface area contributed by atoms with Crippen molar-refractivity contribution in [2.24, 2.45) is 7.05 Å². The molecule has 2 heterocycles. The second-order valence-electron chi connectivity index (χ2n) is 6.73. The molecule has 31 heavy (non-hydrogen) atoms. The minimum absolute atomic E-state index is 0.0621. The molecule has 0 saturated carbocycles. The number of hydrogen-bond acceptors (Lipinski definition) is 5. The molecule has 7 nitrogen and oxygen atoms in total. The molecule has 1 amide bonds. The zero-order chi connectivity index (χ0) is 22.0. The van der Waals surface area contributed by atoms with Gasteiger partial charge in [-0.05, 0) is 23.8 Å². The van der Waals surface area contributed by atoms with Crippen molar-refractivity contribution >= 4 is 46.0 Å². The first-order valence-electron chi connectivity index (χ1n) is 9.37. The van der Waals surface area contributed by atoms with Crippen molar-refractivity contribution in [3.8, 4) is 16.9 Å². The molecule has 2 aromatic heterocycles. The Morgan fingerprint density at radius 3 is 2.77 bits per heavy atom. The van der Waals surface area contributed by atoms with Crippen LogP contribution in [0.15, 0.2) is 64.7 Å². The van der Waals surface area contributed by atoms with Gasteiger partial charge in [0.25, 0.3) is 5.56 Å². The number of nitrogens with zero attached hydrogens (tertiary/aromatic N) is 2. The molecule has 0 atom stereocenters. The van der Waals surface area contributed by atoms with Crippen molar-refractivity contribution in [3.63, 3.8) is 0 Å². The van der Waals surface area contributed by atoms with Crippen LogP contribution >= 0.6 is 23.4 Å². The lowest BCUT2D eigenvalue weighted by atomic mass is 10.1. The highest BCUT2D eigenvalue weighted by Gasteiger charge is 2.16. The van der Waals surface area contributed by atoms with E-state index < -0.39 is 0 Å². The maximum atomic E-state index is 12.8. The molecule has 0 fully saturated rings. The minimum atomic E-state index is -0.266. The molecule has 0 aliphatic carbocycles. The number of ether oxygens (including phenoxy) is 1. The third kappa shape index (κ3) is 4.30. The number of amides is 1. The molecule has 9 heteroatoms. The number of carbonyl (C=O) groups is 1. The second-order valence-corrected chi connectivity index (χ2v) is 8.11. The summed E-state index contributed by atoms with van der Waals surface area (Å²) in [4.78, 5) is 33.0. The first kappa shape index (κ1) is 21.0. The van der Waals surface area contributed by atoms with E-state index in [4.69, 9.17) is 16.3 Å². The van der Waals surface area contributed by atoms with Crippen LogP contribution in [-0.2, 0) is 11.8 Å². The van der Waals surface area contributed by atoms with Gasteiger partial charge < -0.3 is 15.0 Å². The van der Waals surface area contributed by atoms with E-state index in [-0.39, 0.29) is 17.2 Å². The fraction of sp³-hybridized carbons (Fsp3) is 0.136. The number of aromatic nitrogens is 3. The van der Waals surface area contributed by atoms with E-state index in [1.54, 1.807) is 31.4 Å². The largest absolute Gasteiger partial charge is 0.495 e. The predicted molar refractivity (Wildman–Crippen MR) is 124 cm³/mol. The summed E-state index contributed by atoms with van der Waals surface area (Å²) in [5, 5.41) is 3.72. The van der Waals surface area contributed by atoms with Gasteiger partial charge in [0.2, 0.25) is 5.91 Å². The molecule has 0 bridgehead atoms. The zero-order valence-corrected chi connectivity index (χ0v) is 18.4. The van der Waals surface area contributed by atoms with Gasteiger partial charge in [-0.2, -0.15) is 0 Å². The van der Waals surface area contributed by atoms with Gasteiger partial charge in [0.1, 0.15) is 16.8 Å². The van der Waals surface area contributed by atoms with Crippen LogP contribution in [-0.4, -0.2) is 33.3 Å². The van der Waals surface area contributed by atoms with Crippen molar-refractivity contribution in [3.05, 3.63) is 70.1 Å². The van der Waals surface area contributed by atoms with Gasteiger partial charge in [-0.3, -0.25) is 14.2 Å². The Bertz CT molecular complexity index is 1320. The Morgan fingerprint density at radius 1 is 1.26 bits per heavy atom. The molecular weight excluding hydrogens is 436 g/mol. The van der Waals surface area contributed by atoms with Crippen molar-refractivity contribution < 1.29 is 9.53 Å². The number of methoxy groups -OCH3 is 1. The predicted octanol–water partition coefficient (Wildman–Crippen LogP) is 4.32. The fourth-order valence-corrected chi connectivity index (χ4v) is 4.12. The summed E-state index contributed by atoms with van der Waals surface area (Å²) in [6, 6.07) is 14.7. The quantitative estimate of drug-likeness (QED) is 0.334. The van der Waals surface area contributed by atoms with E-state index >= 15 is 0 Å². The average molecular weight is 455 g/mol. The highest BCUT2D eigenvalue weighted by atomic mass is 35.5. The molecule has 0 aliphatic rings. The molecule has 4 aromatic rings. The van der Waals surface area contributed by atoms with Crippen LogP contribution in [0.5, 0.6) is 5.75 Å². The van der Waals surface area contributed by atoms with E-state index in [9.17, 15) is 9.59 Å². The lowest BCUT2D eigenvalue weighted by Crippen LogP contribution is -2.21. The van der Waals surface area contributed by atoms with Gasteiger partial charge in [0, 0.05) is 23.8 Å². The van der Waals surface area contributed by atoms with Gasteiger partial charge in [0.05, 0.1) is 18.6 Å². The second kappa shape index (κ2) is 8.87. The Morgan fingerprint density at radius 2 is 2.03 bits per heavy atom. The molecule has 0 saturated heterocycles. The van der Waals surface area contributed by atoms with Crippen molar-refractivity contribution in [1.29, 1.82) is 0 Å². The summed E-state index contributed by atoms with van der Waals surface area (Å²) >= 11 is 7.20. The summed E-state index contributed by atoms with van der Waals surface area (Å²) in [5.41, 5.74) is 3.08. The van der Waals surface area contributed by atoms with Crippen LogP contribution in [0.2, 0.25) is 5.02 Å². The molecule has 4 rings (SSSR count). The number of aromatic amines is 1. The van der Waals surface area contributed by atoms with E-state index in [0.717, 1.165) is 11.1 Å². The van der Waals surface area contributed by atoms with E-state index in [2.05, 4.69) is 15.3 Å². The highest BCUT2D eigenvalue weighted by molar-refractivity contribution is 7.99. The number of anilines is 1. The molecule has 2 N–H and O–H groups in total. The SMILES string of the molecule is COc1ccc(Cl)cc1NC(=O)CSc1nc2c(-c3ccccc3)c[nH]c2c(=O)n1C. The van der Waals surface area contributed by atoms with Crippen LogP contribution in [0.1, 0.15) is 0 Å². The Labute approximate surface area is 187 Å². The Kier molecular flexibility index (Phi) is 6.01. The molecular formula is C22H19ClN4O3S. The number of hydrogen-bond donors (Lipinski definition) is 2. The van der Waals surface area contributed by atoms with Crippen LogP contribution in [0, 0.1) is 0 Å². The van der Waals surface area contributed by atoms with Crippen LogP contribution in [0.4, 0.5) is 5.69 Å². The third-order valence-electron chi connectivity index (χ3n) is 4.72. The van der Waals surface area contributed by atoms with Gasteiger partial charge in [-0.15, -0.1) is 0 Å². The van der Waals surface area contributed by atoms with Gasteiger partial charge >= 0.3 is 0 Å². The molecule has 158 valence electrons. The third-order valence-corrected chi connectivity index (χ3v) is 5.98. The zero-order valence-electron chi connectivity index (χ0n) is 16.8. The smallest absolute Gasteiger partial charge is 0.278 e. The minimum Gasteiger partial charge on any atom is -0.495 e. The van der Waals surface area contributed by atoms with E-state index in [1.165, 1.54) is 23.4 Å². The van der Waals surface area contributed by atoms with Gasteiger partial charge in [-0.25, -0.2) is 4.98 Å². The molecule has 0 radical (unpaired) electrons. The average Bonchev–Trinajstić information content (AvgIpc) is 3.20. The summed E-state index contributed by atoms with van der Waals surface area (Å²) in [7, 11) is 3.15. The topological polar surface area (TPSA) is 89.0 Å².